The Morgan fingerprint density at radius 2 is 1.54 bits per heavy atom. The van der Waals surface area contributed by atoms with Crippen LogP contribution in [0.5, 0.6) is 0 Å². The summed E-state index contributed by atoms with van der Waals surface area (Å²) in [7, 11) is 1.47. The summed E-state index contributed by atoms with van der Waals surface area (Å²) >= 11 is 0. The first-order chi connectivity index (χ1) is 12.6. The number of carbonyl (C=O) groups excluding carboxylic acids is 3. The van der Waals surface area contributed by atoms with Gasteiger partial charge in [0.05, 0.1) is 17.6 Å². The molecular formula is C20H35NO7. The summed E-state index contributed by atoms with van der Waals surface area (Å²) in [5.74, 6) is -1.57. The standard InChI is InChI=1S/C20H35NO7/c1-13(15(22)26-17(24)28-19(5,6)7)14(25-9)20(8)11-10-12-21(20)16(23)27-18(2,3)4/h13-14H,10-12H2,1-9H3. The van der Waals surface area contributed by atoms with Crippen LogP contribution in [0.25, 0.3) is 0 Å². The maximum atomic E-state index is 12.7. The highest BCUT2D eigenvalue weighted by Gasteiger charge is 2.51. The Bertz CT molecular complexity index is 590. The second-order valence-electron chi connectivity index (χ2n) is 9.42. The van der Waals surface area contributed by atoms with E-state index in [2.05, 4.69) is 0 Å². The third-order valence-electron chi connectivity index (χ3n) is 4.56. The molecule has 0 aromatic rings. The Balaban J connectivity index is 2.95. The molecule has 1 aliphatic rings. The van der Waals surface area contributed by atoms with Crippen molar-refractivity contribution >= 4 is 18.2 Å². The topological polar surface area (TPSA) is 91.4 Å². The van der Waals surface area contributed by atoms with Gasteiger partial charge in [-0.1, -0.05) is 0 Å². The molecule has 162 valence electrons. The summed E-state index contributed by atoms with van der Waals surface area (Å²) in [5, 5.41) is 0. The van der Waals surface area contributed by atoms with Crippen molar-refractivity contribution in [3.8, 4) is 0 Å². The summed E-state index contributed by atoms with van der Waals surface area (Å²) in [5.41, 5.74) is -2.18. The SMILES string of the molecule is COC(C(C)C(=O)OC(=O)OC(C)(C)C)C1(C)CCCN1C(=O)OC(C)(C)C. The van der Waals surface area contributed by atoms with Crippen LogP contribution in [0.2, 0.25) is 0 Å². The number of rotatable bonds is 4. The lowest BCUT2D eigenvalue weighted by molar-refractivity contribution is -0.155. The second kappa shape index (κ2) is 8.68. The molecule has 0 N–H and O–H groups in total. The van der Waals surface area contributed by atoms with Crippen molar-refractivity contribution in [3.05, 3.63) is 0 Å². The monoisotopic (exact) mass is 401 g/mol. The lowest BCUT2D eigenvalue weighted by Crippen LogP contribution is -2.58. The number of likely N-dealkylation sites (tertiary alicyclic amines) is 1. The maximum absolute atomic E-state index is 12.7. The molecule has 28 heavy (non-hydrogen) atoms. The van der Waals surface area contributed by atoms with Crippen LogP contribution in [0.1, 0.15) is 68.2 Å². The normalized spacial score (nSPS) is 22.4. The zero-order chi connectivity index (χ0) is 21.9. The molecule has 0 bridgehead atoms. The minimum absolute atomic E-state index is 0.456. The molecule has 1 aliphatic heterocycles. The first-order valence-electron chi connectivity index (χ1n) is 9.59. The fraction of sp³-hybridized carbons (Fsp3) is 0.850. The summed E-state index contributed by atoms with van der Waals surface area (Å²) in [6.07, 6.45) is -0.808. The van der Waals surface area contributed by atoms with Crippen LogP contribution in [0.4, 0.5) is 9.59 Å². The third-order valence-corrected chi connectivity index (χ3v) is 4.56. The molecule has 3 unspecified atom stereocenters. The van der Waals surface area contributed by atoms with Crippen molar-refractivity contribution in [1.29, 1.82) is 0 Å². The Labute approximate surface area is 167 Å². The first kappa shape index (κ1) is 24.2. The van der Waals surface area contributed by atoms with Gasteiger partial charge in [-0.15, -0.1) is 0 Å². The zero-order valence-corrected chi connectivity index (χ0v) is 18.6. The molecule has 1 rings (SSSR count). The van der Waals surface area contributed by atoms with Crippen molar-refractivity contribution < 1.29 is 33.3 Å². The van der Waals surface area contributed by atoms with Gasteiger partial charge in [-0.2, -0.15) is 0 Å². The van der Waals surface area contributed by atoms with Crippen molar-refractivity contribution in [2.75, 3.05) is 13.7 Å². The van der Waals surface area contributed by atoms with Crippen molar-refractivity contribution in [2.45, 2.75) is 91.1 Å². The molecule has 1 amide bonds. The molecule has 8 nitrogen and oxygen atoms in total. The van der Waals surface area contributed by atoms with Crippen LogP contribution in [-0.4, -0.2) is 59.6 Å². The predicted molar refractivity (Wildman–Crippen MR) is 103 cm³/mol. The largest absolute Gasteiger partial charge is 0.516 e. The molecule has 0 aliphatic carbocycles. The predicted octanol–water partition coefficient (Wildman–Crippen LogP) is 3.91. The van der Waals surface area contributed by atoms with Crippen LogP contribution in [-0.2, 0) is 23.7 Å². The van der Waals surface area contributed by atoms with E-state index >= 15 is 0 Å². The van der Waals surface area contributed by atoms with Gasteiger partial charge in [0.15, 0.2) is 0 Å². The highest BCUT2D eigenvalue weighted by molar-refractivity contribution is 5.84. The number of nitrogens with zero attached hydrogens (tertiary/aromatic N) is 1. The van der Waals surface area contributed by atoms with E-state index in [-0.39, 0.29) is 0 Å². The Morgan fingerprint density at radius 3 is 2.00 bits per heavy atom. The number of carbonyl (C=O) groups is 3. The maximum Gasteiger partial charge on any atom is 0.516 e. The fourth-order valence-corrected chi connectivity index (χ4v) is 3.46. The molecule has 8 heteroatoms. The average molecular weight is 402 g/mol. The molecule has 0 aromatic carbocycles. The molecule has 3 atom stereocenters. The number of esters is 1. The average Bonchev–Trinajstić information content (AvgIpc) is 2.86. The van der Waals surface area contributed by atoms with Gasteiger partial charge in [0.1, 0.15) is 11.2 Å². The molecule has 1 heterocycles. The second-order valence-corrected chi connectivity index (χ2v) is 9.42. The Morgan fingerprint density at radius 1 is 1.00 bits per heavy atom. The van der Waals surface area contributed by atoms with E-state index in [9.17, 15) is 14.4 Å². The van der Waals surface area contributed by atoms with Crippen LogP contribution in [0.3, 0.4) is 0 Å². The smallest absolute Gasteiger partial charge is 0.444 e. The van der Waals surface area contributed by atoms with E-state index in [1.54, 1.807) is 53.4 Å². The van der Waals surface area contributed by atoms with Gasteiger partial charge in [-0.05, 0) is 68.2 Å². The highest BCUT2D eigenvalue weighted by atomic mass is 16.7. The van der Waals surface area contributed by atoms with E-state index in [1.807, 2.05) is 6.92 Å². The minimum atomic E-state index is -1.06. The van der Waals surface area contributed by atoms with Gasteiger partial charge in [-0.25, -0.2) is 9.59 Å². The number of ether oxygens (including phenoxy) is 4. The molecule has 0 aromatic heterocycles. The van der Waals surface area contributed by atoms with Crippen molar-refractivity contribution in [3.63, 3.8) is 0 Å². The van der Waals surface area contributed by atoms with E-state index in [0.29, 0.717) is 13.0 Å². The van der Waals surface area contributed by atoms with E-state index in [4.69, 9.17) is 18.9 Å². The number of amides is 1. The van der Waals surface area contributed by atoms with Crippen LogP contribution >= 0.6 is 0 Å². The number of methoxy groups -OCH3 is 1. The van der Waals surface area contributed by atoms with Gasteiger partial charge >= 0.3 is 18.2 Å². The first-order valence-corrected chi connectivity index (χ1v) is 9.59. The lowest BCUT2D eigenvalue weighted by atomic mass is 9.84. The van der Waals surface area contributed by atoms with Crippen molar-refractivity contribution in [2.24, 2.45) is 5.92 Å². The number of hydrogen-bond acceptors (Lipinski definition) is 7. The van der Waals surface area contributed by atoms with Crippen LogP contribution in [0, 0.1) is 5.92 Å². The zero-order valence-electron chi connectivity index (χ0n) is 18.6. The highest BCUT2D eigenvalue weighted by Crippen LogP contribution is 2.38. The van der Waals surface area contributed by atoms with Gasteiger partial charge in [0.2, 0.25) is 0 Å². The van der Waals surface area contributed by atoms with Crippen molar-refractivity contribution in [1.82, 2.24) is 4.90 Å². The van der Waals surface area contributed by atoms with Gasteiger partial charge in [-0.3, -0.25) is 4.79 Å². The summed E-state index contributed by atoms with van der Waals surface area (Å²) in [6.45, 7) is 14.4. The van der Waals surface area contributed by atoms with E-state index in [0.717, 1.165) is 6.42 Å². The lowest BCUT2D eigenvalue weighted by Gasteiger charge is -2.42. The quantitative estimate of drug-likeness (QED) is 0.521. The number of hydrogen-bond donors (Lipinski definition) is 0. The summed E-state index contributed by atoms with van der Waals surface area (Å²) in [4.78, 5) is 38.6. The molecule has 1 fully saturated rings. The van der Waals surface area contributed by atoms with Gasteiger partial charge in [0, 0.05) is 13.7 Å². The molecule has 0 saturated carbocycles. The minimum Gasteiger partial charge on any atom is -0.444 e. The molecule has 0 spiro atoms. The molecule has 1 saturated heterocycles. The molecule has 0 radical (unpaired) electrons. The van der Waals surface area contributed by atoms with Gasteiger partial charge in [0.25, 0.3) is 0 Å². The fourth-order valence-electron chi connectivity index (χ4n) is 3.46. The van der Waals surface area contributed by atoms with Gasteiger partial charge < -0.3 is 23.8 Å². The Kier molecular flexibility index (Phi) is 7.50. The van der Waals surface area contributed by atoms with Crippen LogP contribution in [0.15, 0.2) is 0 Å². The van der Waals surface area contributed by atoms with Crippen LogP contribution < -0.4 is 0 Å². The summed E-state index contributed by atoms with van der Waals surface area (Å²) in [6, 6.07) is 0. The third kappa shape index (κ3) is 6.36. The Hall–Kier alpha value is -1.83. The van der Waals surface area contributed by atoms with E-state index in [1.165, 1.54) is 7.11 Å². The molecular weight excluding hydrogens is 366 g/mol. The summed E-state index contributed by atoms with van der Waals surface area (Å²) < 4.78 is 21.0. The van der Waals surface area contributed by atoms with E-state index < -0.39 is 47.0 Å².